The van der Waals surface area contributed by atoms with Crippen LogP contribution in [0.1, 0.15) is 33.3 Å². The van der Waals surface area contributed by atoms with Crippen LogP contribution in [0.3, 0.4) is 0 Å². The number of aryl methyl sites for hydroxylation is 1. The number of benzene rings is 1. The van der Waals surface area contributed by atoms with Crippen LogP contribution in [0.5, 0.6) is 0 Å². The van der Waals surface area contributed by atoms with Crippen LogP contribution in [-0.4, -0.2) is 57.3 Å². The molecule has 0 spiro atoms. The molecule has 0 saturated carbocycles. The summed E-state index contributed by atoms with van der Waals surface area (Å²) in [5.41, 5.74) is 0.953. The molecule has 0 bridgehead atoms. The van der Waals surface area contributed by atoms with Crippen molar-refractivity contribution < 1.29 is 36.3 Å². The van der Waals surface area contributed by atoms with Crippen molar-refractivity contribution in [1.82, 2.24) is 0 Å². The molecule has 9 heteroatoms. The Morgan fingerprint density at radius 3 is 2.25 bits per heavy atom. The standard InChI is InChI=1S/C19H26O8S/c1-11-6-8-12(9-7-11)28(20,21)27-15-14(13-10-22-18(2,3)24-13)23-17-16(15)25-19(4,5)26-17/h6-9,13-17H,10H2,1-5H3/t13?,14-,15+,16?,17-/m1/s1. The van der Waals surface area contributed by atoms with Gasteiger partial charge in [-0.2, -0.15) is 8.42 Å². The summed E-state index contributed by atoms with van der Waals surface area (Å²) in [5.74, 6) is -1.69. The van der Waals surface area contributed by atoms with E-state index in [4.69, 9.17) is 27.9 Å². The third-order valence-electron chi connectivity index (χ3n) is 4.97. The zero-order valence-electron chi connectivity index (χ0n) is 16.6. The van der Waals surface area contributed by atoms with E-state index in [0.29, 0.717) is 0 Å². The Balaban J connectivity index is 1.61. The molecular formula is C19H26O8S. The van der Waals surface area contributed by atoms with Crippen LogP contribution in [0.4, 0.5) is 0 Å². The smallest absolute Gasteiger partial charge is 0.297 e. The number of hydrogen-bond acceptors (Lipinski definition) is 8. The van der Waals surface area contributed by atoms with E-state index < -0.39 is 52.4 Å². The first-order chi connectivity index (χ1) is 13.0. The summed E-state index contributed by atoms with van der Waals surface area (Å²) in [6, 6.07) is 6.47. The molecule has 4 rings (SSSR count). The zero-order valence-corrected chi connectivity index (χ0v) is 17.4. The van der Waals surface area contributed by atoms with Gasteiger partial charge >= 0.3 is 0 Å². The molecule has 2 unspecified atom stereocenters. The van der Waals surface area contributed by atoms with Gasteiger partial charge in [-0.05, 0) is 46.8 Å². The second kappa shape index (κ2) is 6.73. The second-order valence-electron chi connectivity index (χ2n) is 8.26. The number of fused-ring (bicyclic) bond motifs is 1. The third kappa shape index (κ3) is 3.85. The van der Waals surface area contributed by atoms with E-state index in [0.717, 1.165) is 5.56 Å². The predicted octanol–water partition coefficient (Wildman–Crippen LogP) is 2.10. The van der Waals surface area contributed by atoms with E-state index in [2.05, 4.69) is 0 Å². The van der Waals surface area contributed by atoms with Crippen molar-refractivity contribution in [3.8, 4) is 0 Å². The molecule has 3 heterocycles. The Morgan fingerprint density at radius 2 is 1.64 bits per heavy atom. The Labute approximate surface area is 165 Å². The van der Waals surface area contributed by atoms with Crippen molar-refractivity contribution in [2.75, 3.05) is 6.61 Å². The molecule has 0 amide bonds. The lowest BCUT2D eigenvalue weighted by molar-refractivity contribution is -0.230. The summed E-state index contributed by atoms with van der Waals surface area (Å²) in [5, 5.41) is 0. The van der Waals surface area contributed by atoms with Gasteiger partial charge in [0.25, 0.3) is 10.1 Å². The fourth-order valence-electron chi connectivity index (χ4n) is 3.70. The lowest BCUT2D eigenvalue weighted by atomic mass is 10.1. The van der Waals surface area contributed by atoms with Crippen molar-refractivity contribution >= 4 is 10.1 Å². The first-order valence-corrected chi connectivity index (χ1v) is 10.7. The Kier molecular flexibility index (Phi) is 4.86. The van der Waals surface area contributed by atoms with Crippen molar-refractivity contribution in [1.29, 1.82) is 0 Å². The molecule has 1 aromatic carbocycles. The van der Waals surface area contributed by atoms with E-state index in [1.165, 1.54) is 12.1 Å². The second-order valence-corrected chi connectivity index (χ2v) is 9.84. The first kappa shape index (κ1) is 20.2. The summed E-state index contributed by atoms with van der Waals surface area (Å²) in [6.45, 7) is 9.20. The Morgan fingerprint density at radius 1 is 0.964 bits per heavy atom. The highest BCUT2D eigenvalue weighted by atomic mass is 32.2. The van der Waals surface area contributed by atoms with Gasteiger partial charge in [0.2, 0.25) is 0 Å². The van der Waals surface area contributed by atoms with Gasteiger partial charge in [0.1, 0.15) is 24.4 Å². The van der Waals surface area contributed by atoms with E-state index >= 15 is 0 Å². The number of ether oxygens (including phenoxy) is 5. The van der Waals surface area contributed by atoms with E-state index in [-0.39, 0.29) is 11.5 Å². The molecule has 3 aliphatic heterocycles. The molecule has 5 atom stereocenters. The average Bonchev–Trinajstić information content (AvgIpc) is 3.18. The zero-order chi connectivity index (χ0) is 20.3. The quantitative estimate of drug-likeness (QED) is 0.692. The molecule has 0 radical (unpaired) electrons. The minimum absolute atomic E-state index is 0.0717. The van der Waals surface area contributed by atoms with Crippen LogP contribution in [0.2, 0.25) is 0 Å². The topological polar surface area (TPSA) is 89.5 Å². The predicted molar refractivity (Wildman–Crippen MR) is 96.8 cm³/mol. The summed E-state index contributed by atoms with van der Waals surface area (Å²) < 4.78 is 60.5. The van der Waals surface area contributed by atoms with Gasteiger partial charge in [-0.15, -0.1) is 0 Å². The Hall–Kier alpha value is -1.07. The Bertz CT molecular complexity index is 832. The van der Waals surface area contributed by atoms with Crippen molar-refractivity contribution in [3.63, 3.8) is 0 Å². The normalized spacial score (nSPS) is 36.5. The van der Waals surface area contributed by atoms with E-state index in [9.17, 15) is 8.42 Å². The molecule has 156 valence electrons. The average molecular weight is 414 g/mol. The molecule has 8 nitrogen and oxygen atoms in total. The minimum atomic E-state index is -4.04. The third-order valence-corrected chi connectivity index (χ3v) is 6.30. The van der Waals surface area contributed by atoms with Gasteiger partial charge in [-0.3, -0.25) is 4.18 Å². The summed E-state index contributed by atoms with van der Waals surface area (Å²) in [4.78, 5) is 0.0717. The van der Waals surface area contributed by atoms with Crippen molar-refractivity contribution in [2.24, 2.45) is 0 Å². The van der Waals surface area contributed by atoms with Gasteiger partial charge in [0.15, 0.2) is 17.9 Å². The molecule has 0 aromatic heterocycles. The highest BCUT2D eigenvalue weighted by Crippen LogP contribution is 2.42. The number of hydrogen-bond donors (Lipinski definition) is 0. The maximum absolute atomic E-state index is 12.9. The van der Waals surface area contributed by atoms with Crippen LogP contribution >= 0.6 is 0 Å². The van der Waals surface area contributed by atoms with Crippen LogP contribution < -0.4 is 0 Å². The summed E-state index contributed by atoms with van der Waals surface area (Å²) >= 11 is 0. The van der Waals surface area contributed by atoms with E-state index in [1.807, 2.05) is 6.92 Å². The largest absolute Gasteiger partial charge is 0.348 e. The molecular weight excluding hydrogens is 388 g/mol. The molecule has 3 saturated heterocycles. The lowest BCUT2D eigenvalue weighted by Crippen LogP contribution is -2.45. The molecule has 0 aliphatic carbocycles. The van der Waals surface area contributed by atoms with Crippen molar-refractivity contribution in [3.05, 3.63) is 29.8 Å². The van der Waals surface area contributed by atoms with Crippen molar-refractivity contribution in [2.45, 2.75) is 81.8 Å². The highest BCUT2D eigenvalue weighted by molar-refractivity contribution is 7.86. The molecule has 1 aromatic rings. The van der Waals surface area contributed by atoms with E-state index in [1.54, 1.807) is 39.8 Å². The highest BCUT2D eigenvalue weighted by Gasteiger charge is 2.60. The minimum Gasteiger partial charge on any atom is -0.348 e. The van der Waals surface area contributed by atoms with Crippen LogP contribution in [0.15, 0.2) is 29.2 Å². The number of rotatable bonds is 4. The van der Waals surface area contributed by atoms with Crippen LogP contribution in [-0.2, 0) is 38.0 Å². The SMILES string of the molecule is Cc1ccc(S(=O)(=O)O[C@@H]2C3OC(C)(C)O[C@H]3O[C@@H]2C2COC(C)(C)O2)cc1. The van der Waals surface area contributed by atoms with Gasteiger partial charge < -0.3 is 23.7 Å². The summed E-state index contributed by atoms with van der Waals surface area (Å²) in [7, 11) is -4.04. The molecule has 0 N–H and O–H groups in total. The molecule has 3 fully saturated rings. The van der Waals surface area contributed by atoms with Gasteiger partial charge in [-0.1, -0.05) is 17.7 Å². The lowest BCUT2D eigenvalue weighted by Gasteiger charge is -2.28. The summed E-state index contributed by atoms with van der Waals surface area (Å²) in [6.07, 6.45) is -3.60. The monoisotopic (exact) mass is 414 g/mol. The van der Waals surface area contributed by atoms with Crippen LogP contribution in [0.25, 0.3) is 0 Å². The molecule has 28 heavy (non-hydrogen) atoms. The maximum atomic E-state index is 12.9. The molecule has 3 aliphatic rings. The first-order valence-electron chi connectivity index (χ1n) is 9.29. The van der Waals surface area contributed by atoms with Crippen LogP contribution in [0, 0.1) is 6.92 Å². The maximum Gasteiger partial charge on any atom is 0.297 e. The fourth-order valence-corrected chi connectivity index (χ4v) is 4.79. The fraction of sp³-hybridized carbons (Fsp3) is 0.684. The van der Waals surface area contributed by atoms with Gasteiger partial charge in [0.05, 0.1) is 11.5 Å². The van der Waals surface area contributed by atoms with Gasteiger partial charge in [-0.25, -0.2) is 0 Å². The van der Waals surface area contributed by atoms with Gasteiger partial charge in [0, 0.05) is 0 Å².